The Kier molecular flexibility index (Phi) is 6.29. The molecule has 0 spiro atoms. The number of aryl methyl sites for hydroxylation is 1. The van der Waals surface area contributed by atoms with Gasteiger partial charge in [0.15, 0.2) is 0 Å². The molecule has 0 aliphatic rings. The van der Waals surface area contributed by atoms with Crippen LogP contribution in [0.25, 0.3) is 0 Å². The molecule has 1 aromatic rings. The lowest BCUT2D eigenvalue weighted by Gasteiger charge is -2.17. The molecule has 0 amide bonds. The van der Waals surface area contributed by atoms with E-state index in [0.29, 0.717) is 5.41 Å². The van der Waals surface area contributed by atoms with Gasteiger partial charge in [-0.25, -0.2) is 0 Å². The van der Waals surface area contributed by atoms with Crippen LogP contribution in [0.1, 0.15) is 39.3 Å². The number of hydrogen-bond donors (Lipinski definition) is 1. The Bertz CT molecular complexity index is 330. The van der Waals surface area contributed by atoms with Gasteiger partial charge in [-0.3, -0.25) is 4.68 Å². The van der Waals surface area contributed by atoms with Gasteiger partial charge in [0, 0.05) is 32.9 Å². The number of ether oxygens (including phenoxy) is 1. The van der Waals surface area contributed by atoms with Gasteiger partial charge in [-0.05, 0) is 18.3 Å². The fourth-order valence-electron chi connectivity index (χ4n) is 1.69. The molecule has 0 saturated heterocycles. The maximum Gasteiger partial charge on any atom is 0.0964 e. The van der Waals surface area contributed by atoms with Crippen molar-refractivity contribution in [3.05, 3.63) is 11.9 Å². The Balaban J connectivity index is 2.21. The van der Waals surface area contributed by atoms with Crippen molar-refractivity contribution in [2.75, 3.05) is 20.3 Å². The Morgan fingerprint density at radius 2 is 2.17 bits per heavy atom. The van der Waals surface area contributed by atoms with Gasteiger partial charge < -0.3 is 10.1 Å². The minimum Gasteiger partial charge on any atom is -0.383 e. The third-order valence-corrected chi connectivity index (χ3v) is 2.69. The third kappa shape index (κ3) is 6.71. The van der Waals surface area contributed by atoms with Crippen LogP contribution < -0.4 is 5.32 Å². The van der Waals surface area contributed by atoms with Crippen molar-refractivity contribution >= 4 is 0 Å². The lowest BCUT2D eigenvalue weighted by Crippen LogP contribution is -2.18. The molecule has 0 fully saturated rings. The molecule has 18 heavy (non-hydrogen) atoms. The highest BCUT2D eigenvalue weighted by Gasteiger charge is 2.09. The third-order valence-electron chi connectivity index (χ3n) is 2.69. The zero-order chi connectivity index (χ0) is 13.4. The standard InChI is InChI=1S/C13H26N4O/c1-13(2,3)6-5-8-17-11-12(15-16-17)10-14-7-9-18-4/h11,14H,5-10H2,1-4H3. The highest BCUT2D eigenvalue weighted by atomic mass is 16.5. The van der Waals surface area contributed by atoms with Crippen molar-refractivity contribution in [2.24, 2.45) is 5.41 Å². The predicted octanol–water partition coefficient (Wildman–Crippen LogP) is 1.84. The van der Waals surface area contributed by atoms with Crippen LogP contribution in [0.2, 0.25) is 0 Å². The number of nitrogens with zero attached hydrogens (tertiary/aromatic N) is 3. The topological polar surface area (TPSA) is 52.0 Å². The van der Waals surface area contributed by atoms with Crippen molar-refractivity contribution < 1.29 is 4.74 Å². The first-order valence-electron chi connectivity index (χ1n) is 6.60. The summed E-state index contributed by atoms with van der Waals surface area (Å²) in [6, 6.07) is 0. The first-order chi connectivity index (χ1) is 8.51. The molecule has 5 heteroatoms. The van der Waals surface area contributed by atoms with Crippen LogP contribution in [0.4, 0.5) is 0 Å². The second-order valence-electron chi connectivity index (χ2n) is 5.81. The first kappa shape index (κ1) is 15.1. The molecule has 0 aliphatic carbocycles. The van der Waals surface area contributed by atoms with Crippen LogP contribution in [-0.2, 0) is 17.8 Å². The van der Waals surface area contributed by atoms with Crippen LogP contribution in [0, 0.1) is 5.41 Å². The minimum atomic E-state index is 0.394. The monoisotopic (exact) mass is 254 g/mol. The fourth-order valence-corrected chi connectivity index (χ4v) is 1.69. The van der Waals surface area contributed by atoms with E-state index in [1.165, 1.54) is 6.42 Å². The summed E-state index contributed by atoms with van der Waals surface area (Å²) in [5.74, 6) is 0. The summed E-state index contributed by atoms with van der Waals surface area (Å²) in [4.78, 5) is 0. The first-order valence-corrected chi connectivity index (χ1v) is 6.60. The Morgan fingerprint density at radius 3 is 2.83 bits per heavy atom. The Labute approximate surface area is 110 Å². The lowest BCUT2D eigenvalue weighted by atomic mass is 9.91. The van der Waals surface area contributed by atoms with Crippen molar-refractivity contribution in [3.63, 3.8) is 0 Å². The molecule has 0 aliphatic heterocycles. The second-order valence-corrected chi connectivity index (χ2v) is 5.81. The quantitative estimate of drug-likeness (QED) is 0.719. The van der Waals surface area contributed by atoms with E-state index in [2.05, 4.69) is 36.4 Å². The van der Waals surface area contributed by atoms with Gasteiger partial charge in [0.25, 0.3) is 0 Å². The van der Waals surface area contributed by atoms with Crippen LogP contribution in [0.3, 0.4) is 0 Å². The molecule has 104 valence electrons. The fraction of sp³-hybridized carbons (Fsp3) is 0.846. The molecule has 0 radical (unpaired) electrons. The number of nitrogens with one attached hydrogen (secondary N) is 1. The molecule has 0 bridgehead atoms. The van der Waals surface area contributed by atoms with Gasteiger partial charge in [-0.2, -0.15) is 0 Å². The summed E-state index contributed by atoms with van der Waals surface area (Å²) in [6.07, 6.45) is 4.36. The summed E-state index contributed by atoms with van der Waals surface area (Å²) in [5, 5.41) is 11.5. The number of hydrogen-bond acceptors (Lipinski definition) is 4. The SMILES string of the molecule is COCCNCc1cn(CCCC(C)(C)C)nn1. The molecule has 0 saturated carbocycles. The molecule has 5 nitrogen and oxygen atoms in total. The zero-order valence-electron chi connectivity index (χ0n) is 12.1. The summed E-state index contributed by atoms with van der Waals surface area (Å²) < 4.78 is 6.90. The summed E-state index contributed by atoms with van der Waals surface area (Å²) in [5.41, 5.74) is 1.38. The minimum absolute atomic E-state index is 0.394. The molecule has 0 atom stereocenters. The average molecular weight is 254 g/mol. The van der Waals surface area contributed by atoms with Crippen LogP contribution >= 0.6 is 0 Å². The molecule has 0 unspecified atom stereocenters. The van der Waals surface area contributed by atoms with E-state index in [1.807, 2.05) is 10.9 Å². The van der Waals surface area contributed by atoms with Gasteiger partial charge in [-0.1, -0.05) is 26.0 Å². The summed E-state index contributed by atoms with van der Waals surface area (Å²) in [6.45, 7) is 10.1. The van der Waals surface area contributed by atoms with E-state index < -0.39 is 0 Å². The maximum absolute atomic E-state index is 4.97. The molecule has 1 heterocycles. The van der Waals surface area contributed by atoms with E-state index in [4.69, 9.17) is 4.74 Å². The van der Waals surface area contributed by atoms with Gasteiger partial charge >= 0.3 is 0 Å². The smallest absolute Gasteiger partial charge is 0.0964 e. The van der Waals surface area contributed by atoms with Crippen molar-refractivity contribution in [3.8, 4) is 0 Å². The molecule has 1 rings (SSSR count). The predicted molar refractivity (Wildman–Crippen MR) is 72.3 cm³/mol. The molecular formula is C13H26N4O. The van der Waals surface area contributed by atoms with Gasteiger partial charge in [0.1, 0.15) is 0 Å². The van der Waals surface area contributed by atoms with E-state index in [9.17, 15) is 0 Å². The van der Waals surface area contributed by atoms with Crippen LogP contribution in [-0.4, -0.2) is 35.3 Å². The summed E-state index contributed by atoms with van der Waals surface area (Å²) >= 11 is 0. The number of rotatable bonds is 8. The molecular weight excluding hydrogens is 228 g/mol. The Morgan fingerprint density at radius 1 is 1.39 bits per heavy atom. The summed E-state index contributed by atoms with van der Waals surface area (Å²) in [7, 11) is 1.70. The van der Waals surface area contributed by atoms with E-state index >= 15 is 0 Å². The Hall–Kier alpha value is -0.940. The second kappa shape index (κ2) is 7.48. The zero-order valence-corrected chi connectivity index (χ0v) is 12.1. The molecule has 1 N–H and O–H groups in total. The highest BCUT2D eigenvalue weighted by molar-refractivity contribution is 4.91. The van der Waals surface area contributed by atoms with Crippen molar-refractivity contribution in [1.82, 2.24) is 20.3 Å². The van der Waals surface area contributed by atoms with E-state index in [0.717, 1.165) is 38.4 Å². The maximum atomic E-state index is 4.97. The van der Waals surface area contributed by atoms with Gasteiger partial charge in [0.2, 0.25) is 0 Å². The van der Waals surface area contributed by atoms with Crippen molar-refractivity contribution in [1.29, 1.82) is 0 Å². The van der Waals surface area contributed by atoms with Gasteiger partial charge in [0.05, 0.1) is 12.3 Å². The van der Waals surface area contributed by atoms with Crippen molar-refractivity contribution in [2.45, 2.75) is 46.7 Å². The van der Waals surface area contributed by atoms with E-state index in [1.54, 1.807) is 7.11 Å². The van der Waals surface area contributed by atoms with Gasteiger partial charge in [-0.15, -0.1) is 5.10 Å². The average Bonchev–Trinajstić information content (AvgIpc) is 2.71. The van der Waals surface area contributed by atoms with Crippen LogP contribution in [0.15, 0.2) is 6.20 Å². The molecule has 0 aromatic carbocycles. The normalized spacial score (nSPS) is 12.0. The highest BCUT2D eigenvalue weighted by Crippen LogP contribution is 2.20. The number of methoxy groups -OCH3 is 1. The van der Waals surface area contributed by atoms with Crippen LogP contribution in [0.5, 0.6) is 0 Å². The number of aromatic nitrogens is 3. The lowest BCUT2D eigenvalue weighted by molar-refractivity contribution is 0.199. The van der Waals surface area contributed by atoms with E-state index in [-0.39, 0.29) is 0 Å². The molecule has 1 aromatic heterocycles. The largest absolute Gasteiger partial charge is 0.383 e.